The van der Waals surface area contributed by atoms with Gasteiger partial charge in [-0.05, 0) is 23.3 Å². The normalized spacial score (nSPS) is 18.0. The molecule has 1 fully saturated rings. The maximum Gasteiger partial charge on any atom is 0.234 e. The van der Waals surface area contributed by atoms with Crippen LogP contribution in [0.2, 0.25) is 0 Å². The van der Waals surface area contributed by atoms with E-state index in [1.54, 1.807) is 4.90 Å². The van der Waals surface area contributed by atoms with Crippen LogP contribution in [0.3, 0.4) is 0 Å². The third-order valence-corrected chi connectivity index (χ3v) is 4.71. The third-order valence-electron chi connectivity index (χ3n) is 3.45. The quantitative estimate of drug-likeness (QED) is 0.799. The van der Waals surface area contributed by atoms with Crippen molar-refractivity contribution >= 4 is 17.7 Å². The summed E-state index contributed by atoms with van der Waals surface area (Å²) in [6.07, 6.45) is 0. The first kappa shape index (κ1) is 15.0. The summed E-state index contributed by atoms with van der Waals surface area (Å²) in [7, 11) is 0. The molecule has 1 amide bonds. The Kier molecular flexibility index (Phi) is 4.11. The van der Waals surface area contributed by atoms with Gasteiger partial charge in [-0.25, -0.2) is 13.2 Å². The van der Waals surface area contributed by atoms with Gasteiger partial charge >= 0.3 is 0 Å². The molecule has 3 rings (SSSR count). The highest BCUT2D eigenvalue weighted by Crippen LogP contribution is 2.39. The van der Waals surface area contributed by atoms with Gasteiger partial charge in [0.15, 0.2) is 17.5 Å². The molecule has 2 aromatic carbocycles. The third kappa shape index (κ3) is 2.83. The Morgan fingerprint density at radius 2 is 1.73 bits per heavy atom. The summed E-state index contributed by atoms with van der Waals surface area (Å²) in [5.74, 6) is -3.78. The van der Waals surface area contributed by atoms with Crippen LogP contribution in [0.4, 0.5) is 13.2 Å². The van der Waals surface area contributed by atoms with Crippen molar-refractivity contribution in [2.45, 2.75) is 11.9 Å². The molecule has 0 saturated carbocycles. The van der Waals surface area contributed by atoms with Crippen molar-refractivity contribution in [3.8, 4) is 0 Å². The molecule has 1 saturated heterocycles. The van der Waals surface area contributed by atoms with Gasteiger partial charge in [0.2, 0.25) is 5.91 Å². The van der Waals surface area contributed by atoms with Crippen LogP contribution < -0.4 is 0 Å². The molecule has 0 bridgehead atoms. The molecular weight excluding hydrogens is 311 g/mol. The number of halogens is 3. The van der Waals surface area contributed by atoms with Crippen molar-refractivity contribution in [2.24, 2.45) is 0 Å². The Morgan fingerprint density at radius 1 is 1.09 bits per heavy atom. The van der Waals surface area contributed by atoms with E-state index >= 15 is 0 Å². The van der Waals surface area contributed by atoms with Crippen LogP contribution in [0, 0.1) is 17.5 Å². The van der Waals surface area contributed by atoms with E-state index in [1.165, 1.54) is 11.8 Å². The SMILES string of the molecule is O=C1CSC(c2ccccc2)N1Cc1cc(F)c(F)c(F)c1. The number of carbonyl (C=O) groups is 1. The lowest BCUT2D eigenvalue weighted by Crippen LogP contribution is -2.27. The van der Waals surface area contributed by atoms with Gasteiger partial charge in [-0.15, -0.1) is 11.8 Å². The largest absolute Gasteiger partial charge is 0.322 e. The fourth-order valence-corrected chi connectivity index (χ4v) is 3.60. The lowest BCUT2D eigenvalue weighted by Gasteiger charge is -2.24. The molecule has 2 aromatic rings. The first-order valence-electron chi connectivity index (χ1n) is 6.65. The molecule has 1 atom stereocenters. The van der Waals surface area contributed by atoms with E-state index in [1.807, 2.05) is 30.3 Å². The van der Waals surface area contributed by atoms with Gasteiger partial charge in [0.1, 0.15) is 5.37 Å². The Hall–Kier alpha value is -1.95. The molecule has 114 valence electrons. The molecule has 0 aliphatic carbocycles. The lowest BCUT2D eigenvalue weighted by molar-refractivity contribution is -0.128. The van der Waals surface area contributed by atoms with Gasteiger partial charge in [-0.3, -0.25) is 4.79 Å². The van der Waals surface area contributed by atoms with Crippen molar-refractivity contribution in [1.29, 1.82) is 0 Å². The van der Waals surface area contributed by atoms with Crippen LogP contribution >= 0.6 is 11.8 Å². The van der Waals surface area contributed by atoms with E-state index in [4.69, 9.17) is 0 Å². The minimum absolute atomic E-state index is 0.0412. The summed E-state index contributed by atoms with van der Waals surface area (Å²) in [6.45, 7) is 0.0412. The highest BCUT2D eigenvalue weighted by molar-refractivity contribution is 8.00. The first-order chi connectivity index (χ1) is 10.6. The molecule has 0 aromatic heterocycles. The second-order valence-electron chi connectivity index (χ2n) is 4.97. The van der Waals surface area contributed by atoms with Crippen molar-refractivity contribution < 1.29 is 18.0 Å². The summed E-state index contributed by atoms with van der Waals surface area (Å²) in [4.78, 5) is 13.6. The molecule has 0 radical (unpaired) electrons. The second-order valence-corrected chi connectivity index (χ2v) is 6.04. The van der Waals surface area contributed by atoms with E-state index in [0.717, 1.165) is 17.7 Å². The number of amides is 1. The highest BCUT2D eigenvalue weighted by Gasteiger charge is 2.32. The molecule has 1 aliphatic rings. The van der Waals surface area contributed by atoms with E-state index in [2.05, 4.69) is 0 Å². The molecule has 22 heavy (non-hydrogen) atoms. The predicted octanol–water partition coefficient (Wildman–Crippen LogP) is 3.88. The molecule has 1 unspecified atom stereocenters. The van der Waals surface area contributed by atoms with Gasteiger partial charge in [-0.1, -0.05) is 30.3 Å². The summed E-state index contributed by atoms with van der Waals surface area (Å²) in [5.41, 5.74) is 1.18. The zero-order valence-corrected chi connectivity index (χ0v) is 12.2. The summed E-state index contributed by atoms with van der Waals surface area (Å²) in [5, 5.41) is -0.204. The van der Waals surface area contributed by atoms with Crippen molar-refractivity contribution in [3.63, 3.8) is 0 Å². The fourth-order valence-electron chi connectivity index (χ4n) is 2.41. The van der Waals surface area contributed by atoms with E-state index < -0.39 is 17.5 Å². The van der Waals surface area contributed by atoms with Crippen molar-refractivity contribution in [1.82, 2.24) is 4.90 Å². The maximum atomic E-state index is 13.3. The van der Waals surface area contributed by atoms with Crippen LogP contribution in [-0.2, 0) is 11.3 Å². The lowest BCUT2D eigenvalue weighted by atomic mass is 10.1. The zero-order chi connectivity index (χ0) is 15.7. The van der Waals surface area contributed by atoms with Crippen LogP contribution in [0.1, 0.15) is 16.5 Å². The fraction of sp³-hybridized carbons (Fsp3) is 0.188. The predicted molar refractivity (Wildman–Crippen MR) is 78.5 cm³/mol. The van der Waals surface area contributed by atoms with Gasteiger partial charge in [0.25, 0.3) is 0 Å². The first-order valence-corrected chi connectivity index (χ1v) is 7.70. The topological polar surface area (TPSA) is 20.3 Å². The maximum absolute atomic E-state index is 13.3. The molecular formula is C16H12F3NOS. The second kappa shape index (κ2) is 6.04. The Labute approximate surface area is 129 Å². The number of carbonyl (C=O) groups excluding carboxylic acids is 1. The van der Waals surface area contributed by atoms with Crippen molar-refractivity contribution in [3.05, 3.63) is 71.0 Å². The van der Waals surface area contributed by atoms with Crippen LogP contribution in [-0.4, -0.2) is 16.6 Å². The summed E-state index contributed by atoms with van der Waals surface area (Å²) >= 11 is 1.46. The minimum atomic E-state index is -1.49. The Morgan fingerprint density at radius 3 is 2.36 bits per heavy atom. The molecule has 2 nitrogen and oxygen atoms in total. The van der Waals surface area contributed by atoms with Gasteiger partial charge in [-0.2, -0.15) is 0 Å². The standard InChI is InChI=1S/C16H12F3NOS/c17-12-6-10(7-13(18)15(12)19)8-20-14(21)9-22-16(20)11-4-2-1-3-5-11/h1-7,16H,8-9H2. The van der Waals surface area contributed by atoms with E-state index in [0.29, 0.717) is 5.75 Å². The molecule has 0 spiro atoms. The van der Waals surface area contributed by atoms with Crippen LogP contribution in [0.5, 0.6) is 0 Å². The Bertz CT molecular complexity index is 685. The molecule has 1 heterocycles. The number of thioether (sulfide) groups is 1. The zero-order valence-electron chi connectivity index (χ0n) is 11.4. The number of hydrogen-bond donors (Lipinski definition) is 0. The number of rotatable bonds is 3. The molecule has 0 N–H and O–H groups in total. The Balaban J connectivity index is 1.88. The van der Waals surface area contributed by atoms with Crippen LogP contribution in [0.25, 0.3) is 0 Å². The van der Waals surface area contributed by atoms with Gasteiger partial charge in [0.05, 0.1) is 5.75 Å². The highest BCUT2D eigenvalue weighted by atomic mass is 32.2. The number of hydrogen-bond acceptors (Lipinski definition) is 2. The van der Waals surface area contributed by atoms with Crippen LogP contribution in [0.15, 0.2) is 42.5 Å². The summed E-state index contributed by atoms with van der Waals surface area (Å²) < 4.78 is 39.6. The minimum Gasteiger partial charge on any atom is -0.322 e. The smallest absolute Gasteiger partial charge is 0.234 e. The number of benzene rings is 2. The monoisotopic (exact) mass is 323 g/mol. The average molecular weight is 323 g/mol. The van der Waals surface area contributed by atoms with Gasteiger partial charge < -0.3 is 4.90 Å². The van der Waals surface area contributed by atoms with E-state index in [-0.39, 0.29) is 23.4 Å². The number of nitrogens with zero attached hydrogens (tertiary/aromatic N) is 1. The molecule has 6 heteroatoms. The van der Waals surface area contributed by atoms with Crippen molar-refractivity contribution in [2.75, 3.05) is 5.75 Å². The summed E-state index contributed by atoms with van der Waals surface area (Å²) in [6, 6.07) is 11.3. The van der Waals surface area contributed by atoms with Gasteiger partial charge in [0, 0.05) is 6.54 Å². The average Bonchev–Trinajstić information content (AvgIpc) is 2.87. The molecule has 1 aliphatic heterocycles. The van der Waals surface area contributed by atoms with E-state index in [9.17, 15) is 18.0 Å².